The fraction of sp³-hybridized carbons (Fsp3) is 0.900. The molecule has 0 aliphatic heterocycles. The van der Waals surface area contributed by atoms with Crippen LogP contribution in [0.1, 0.15) is 27.2 Å². The van der Waals surface area contributed by atoms with Crippen LogP contribution in [0, 0.1) is 5.92 Å². The monoisotopic (exact) mass is 202 g/mol. The van der Waals surface area contributed by atoms with Gasteiger partial charge in [-0.05, 0) is 19.3 Å². The highest BCUT2D eigenvalue weighted by Gasteiger charge is 2.14. The Morgan fingerprint density at radius 1 is 1.43 bits per heavy atom. The summed E-state index contributed by atoms with van der Waals surface area (Å²) >= 11 is 0. The van der Waals surface area contributed by atoms with Gasteiger partial charge in [-0.25, -0.2) is 0 Å². The van der Waals surface area contributed by atoms with Gasteiger partial charge < -0.3 is 15.8 Å². The first-order chi connectivity index (χ1) is 6.47. The highest BCUT2D eigenvalue weighted by molar-refractivity contribution is 5.81. The molecule has 3 N–H and O–H groups in total. The fourth-order valence-corrected chi connectivity index (χ4v) is 1.07. The second kappa shape index (κ2) is 6.79. The molecular weight excluding hydrogens is 180 g/mol. The normalized spacial score (nSPS) is 15.3. The molecule has 0 radical (unpaired) electrons. The molecule has 0 saturated heterocycles. The Bertz CT molecular complexity index is 172. The van der Waals surface area contributed by atoms with Gasteiger partial charge in [0.2, 0.25) is 5.91 Å². The first kappa shape index (κ1) is 13.4. The molecular formula is C10H22N2O2. The maximum atomic E-state index is 11.4. The molecule has 2 atom stereocenters. The van der Waals surface area contributed by atoms with Crippen LogP contribution in [0.3, 0.4) is 0 Å². The third-order valence-corrected chi connectivity index (χ3v) is 2.03. The molecule has 0 aromatic rings. The molecule has 0 aromatic carbocycles. The van der Waals surface area contributed by atoms with E-state index in [0.717, 1.165) is 0 Å². The minimum atomic E-state index is -0.404. The lowest BCUT2D eigenvalue weighted by Gasteiger charge is -2.16. The first-order valence-electron chi connectivity index (χ1n) is 5.03. The molecule has 0 rings (SSSR count). The van der Waals surface area contributed by atoms with Crippen molar-refractivity contribution in [2.45, 2.75) is 39.3 Å². The zero-order valence-corrected chi connectivity index (χ0v) is 9.54. The van der Waals surface area contributed by atoms with Crippen molar-refractivity contribution in [3.8, 4) is 0 Å². The number of ether oxygens (including phenoxy) is 1. The van der Waals surface area contributed by atoms with Crippen molar-refractivity contribution in [3.63, 3.8) is 0 Å². The molecule has 4 nitrogen and oxygen atoms in total. The summed E-state index contributed by atoms with van der Waals surface area (Å²) in [7, 11) is 1.62. The van der Waals surface area contributed by atoms with Crippen LogP contribution in [0.2, 0.25) is 0 Å². The smallest absolute Gasteiger partial charge is 0.237 e. The number of carbonyl (C=O) groups is 1. The van der Waals surface area contributed by atoms with Gasteiger partial charge in [-0.15, -0.1) is 0 Å². The first-order valence-corrected chi connectivity index (χ1v) is 5.03. The van der Waals surface area contributed by atoms with Crippen LogP contribution in [0.25, 0.3) is 0 Å². The molecule has 0 spiro atoms. The second-order valence-electron chi connectivity index (χ2n) is 4.03. The number of amides is 1. The van der Waals surface area contributed by atoms with E-state index in [4.69, 9.17) is 10.5 Å². The third kappa shape index (κ3) is 5.94. The van der Waals surface area contributed by atoms with Crippen molar-refractivity contribution >= 4 is 5.91 Å². The zero-order chi connectivity index (χ0) is 11.1. The van der Waals surface area contributed by atoms with Gasteiger partial charge >= 0.3 is 0 Å². The van der Waals surface area contributed by atoms with Crippen LogP contribution < -0.4 is 11.1 Å². The highest BCUT2D eigenvalue weighted by Crippen LogP contribution is 2.02. The Hall–Kier alpha value is -0.610. The maximum absolute atomic E-state index is 11.4. The summed E-state index contributed by atoms with van der Waals surface area (Å²) in [6, 6.07) is -0.404. The molecule has 0 saturated carbocycles. The molecule has 0 heterocycles. The summed E-state index contributed by atoms with van der Waals surface area (Å²) < 4.78 is 5.01. The van der Waals surface area contributed by atoms with Gasteiger partial charge in [0.05, 0.1) is 12.1 Å². The molecule has 0 aromatic heterocycles. The number of nitrogens with two attached hydrogens (primary N) is 1. The molecule has 0 bridgehead atoms. The molecule has 4 heteroatoms. The van der Waals surface area contributed by atoms with Crippen LogP contribution >= 0.6 is 0 Å². The van der Waals surface area contributed by atoms with Crippen molar-refractivity contribution in [2.75, 3.05) is 13.7 Å². The van der Waals surface area contributed by atoms with Crippen LogP contribution in [-0.4, -0.2) is 31.7 Å². The Morgan fingerprint density at radius 2 is 2.00 bits per heavy atom. The molecule has 0 aliphatic rings. The molecule has 1 unspecified atom stereocenters. The summed E-state index contributed by atoms with van der Waals surface area (Å²) in [5.41, 5.74) is 5.69. The summed E-state index contributed by atoms with van der Waals surface area (Å²) in [5, 5.41) is 2.75. The van der Waals surface area contributed by atoms with Gasteiger partial charge in [-0.1, -0.05) is 13.8 Å². The largest absolute Gasteiger partial charge is 0.380 e. The van der Waals surface area contributed by atoms with Crippen LogP contribution in [0.5, 0.6) is 0 Å². The third-order valence-electron chi connectivity index (χ3n) is 2.03. The summed E-state index contributed by atoms with van der Waals surface area (Å²) in [6.45, 7) is 6.51. The zero-order valence-electron chi connectivity index (χ0n) is 9.54. The van der Waals surface area contributed by atoms with E-state index >= 15 is 0 Å². The van der Waals surface area contributed by atoms with E-state index in [1.54, 1.807) is 7.11 Å². The summed E-state index contributed by atoms with van der Waals surface area (Å²) in [5.74, 6) is 0.346. The van der Waals surface area contributed by atoms with E-state index in [1.165, 1.54) is 0 Å². The van der Waals surface area contributed by atoms with Crippen molar-refractivity contribution in [2.24, 2.45) is 11.7 Å². The SMILES string of the molecule is COC(C)CNC(=O)[C@H](N)CC(C)C. The Labute approximate surface area is 86.2 Å². The van der Waals surface area contributed by atoms with Crippen LogP contribution in [0.4, 0.5) is 0 Å². The van der Waals surface area contributed by atoms with Gasteiger partial charge in [0.25, 0.3) is 0 Å². The maximum Gasteiger partial charge on any atom is 0.237 e. The number of carbonyl (C=O) groups excluding carboxylic acids is 1. The number of hydrogen-bond acceptors (Lipinski definition) is 3. The van der Waals surface area contributed by atoms with Gasteiger partial charge in [0, 0.05) is 13.7 Å². The molecule has 0 fully saturated rings. The van der Waals surface area contributed by atoms with Crippen LogP contribution in [0.15, 0.2) is 0 Å². The van der Waals surface area contributed by atoms with E-state index in [1.807, 2.05) is 20.8 Å². The van der Waals surface area contributed by atoms with E-state index in [2.05, 4.69) is 5.32 Å². The summed E-state index contributed by atoms with van der Waals surface area (Å²) in [4.78, 5) is 11.4. The quantitative estimate of drug-likeness (QED) is 0.659. The predicted molar refractivity (Wildman–Crippen MR) is 56.9 cm³/mol. The van der Waals surface area contributed by atoms with E-state index < -0.39 is 6.04 Å². The minimum absolute atomic E-state index is 0.0326. The summed E-state index contributed by atoms with van der Waals surface area (Å²) in [6.07, 6.45) is 0.748. The number of hydrogen-bond donors (Lipinski definition) is 2. The van der Waals surface area contributed by atoms with E-state index in [-0.39, 0.29) is 12.0 Å². The number of methoxy groups -OCH3 is 1. The van der Waals surface area contributed by atoms with Crippen molar-refractivity contribution < 1.29 is 9.53 Å². The van der Waals surface area contributed by atoms with E-state index in [9.17, 15) is 4.79 Å². The lowest BCUT2D eigenvalue weighted by molar-refractivity contribution is -0.123. The fourth-order valence-electron chi connectivity index (χ4n) is 1.07. The Kier molecular flexibility index (Phi) is 6.49. The average molecular weight is 202 g/mol. The predicted octanol–water partition coefficient (Wildman–Crippen LogP) is 0.511. The standard InChI is InChI=1S/C10H22N2O2/c1-7(2)5-9(11)10(13)12-6-8(3)14-4/h7-9H,5-6,11H2,1-4H3,(H,12,13)/t8?,9-/m1/s1. The van der Waals surface area contributed by atoms with Gasteiger partial charge in [0.1, 0.15) is 0 Å². The van der Waals surface area contributed by atoms with Gasteiger partial charge in [-0.3, -0.25) is 4.79 Å². The molecule has 84 valence electrons. The highest BCUT2D eigenvalue weighted by atomic mass is 16.5. The van der Waals surface area contributed by atoms with Crippen LogP contribution in [-0.2, 0) is 9.53 Å². The van der Waals surface area contributed by atoms with Crippen molar-refractivity contribution in [1.82, 2.24) is 5.32 Å². The minimum Gasteiger partial charge on any atom is -0.380 e. The van der Waals surface area contributed by atoms with Gasteiger partial charge in [0.15, 0.2) is 0 Å². The molecule has 14 heavy (non-hydrogen) atoms. The van der Waals surface area contributed by atoms with Crippen molar-refractivity contribution in [1.29, 1.82) is 0 Å². The van der Waals surface area contributed by atoms with Gasteiger partial charge in [-0.2, -0.15) is 0 Å². The average Bonchev–Trinajstić information content (AvgIpc) is 2.12. The molecule has 1 amide bonds. The van der Waals surface area contributed by atoms with Crippen molar-refractivity contribution in [3.05, 3.63) is 0 Å². The topological polar surface area (TPSA) is 64.3 Å². The number of nitrogens with one attached hydrogen (secondary N) is 1. The van der Waals surface area contributed by atoms with E-state index in [0.29, 0.717) is 18.9 Å². The lowest BCUT2D eigenvalue weighted by Crippen LogP contribution is -2.43. The Balaban J connectivity index is 3.73. The second-order valence-corrected chi connectivity index (χ2v) is 4.03. The number of rotatable bonds is 6. The Morgan fingerprint density at radius 3 is 2.43 bits per heavy atom. The molecule has 0 aliphatic carbocycles. The lowest BCUT2D eigenvalue weighted by atomic mass is 10.0.